The van der Waals surface area contributed by atoms with Crippen LogP contribution in [0.1, 0.15) is 42.7 Å². The molecule has 8 nitrogen and oxygen atoms in total. The first-order chi connectivity index (χ1) is 17.0. The molecule has 0 aromatic heterocycles. The Bertz CT molecular complexity index is 1070. The minimum Gasteiger partial charge on any atom is -0.481 e. The number of alkyl carbamates (subject to hydrolysis) is 1. The summed E-state index contributed by atoms with van der Waals surface area (Å²) < 4.78 is 11.2. The van der Waals surface area contributed by atoms with Crippen LogP contribution >= 0.6 is 0 Å². The molecule has 8 heteroatoms. The van der Waals surface area contributed by atoms with E-state index in [-0.39, 0.29) is 36.9 Å². The van der Waals surface area contributed by atoms with E-state index in [9.17, 15) is 14.4 Å². The molecule has 4 atom stereocenters. The maximum Gasteiger partial charge on any atom is 0.407 e. The fourth-order valence-electron chi connectivity index (χ4n) is 5.62. The molecule has 2 amide bonds. The zero-order chi connectivity index (χ0) is 24.4. The summed E-state index contributed by atoms with van der Waals surface area (Å²) in [5.41, 5.74) is 4.65. The van der Waals surface area contributed by atoms with Crippen LogP contribution in [0.2, 0.25) is 0 Å². The predicted molar refractivity (Wildman–Crippen MR) is 128 cm³/mol. The van der Waals surface area contributed by atoms with Crippen molar-refractivity contribution in [1.82, 2.24) is 10.6 Å². The van der Waals surface area contributed by atoms with E-state index in [4.69, 9.17) is 14.6 Å². The highest BCUT2D eigenvalue weighted by Crippen LogP contribution is 2.44. The van der Waals surface area contributed by atoms with Crippen molar-refractivity contribution in [2.24, 2.45) is 11.8 Å². The number of carboxylic acid groups (broad SMARTS) is 1. The van der Waals surface area contributed by atoms with Crippen LogP contribution in [-0.2, 0) is 19.1 Å². The summed E-state index contributed by atoms with van der Waals surface area (Å²) >= 11 is 0. The first kappa shape index (κ1) is 23.4. The van der Waals surface area contributed by atoms with E-state index in [2.05, 4.69) is 34.9 Å². The number of aliphatic carboxylic acids is 1. The quantitative estimate of drug-likeness (QED) is 0.563. The number of rotatable bonds is 7. The lowest BCUT2D eigenvalue weighted by atomic mass is 9.98. The molecule has 2 fully saturated rings. The summed E-state index contributed by atoms with van der Waals surface area (Å²) in [6, 6.07) is 16.2. The predicted octanol–water partition coefficient (Wildman–Crippen LogP) is 3.30. The van der Waals surface area contributed by atoms with E-state index in [1.54, 1.807) is 0 Å². The van der Waals surface area contributed by atoms with Crippen LogP contribution in [0.5, 0.6) is 0 Å². The molecule has 1 saturated carbocycles. The molecule has 3 N–H and O–H groups in total. The van der Waals surface area contributed by atoms with Gasteiger partial charge in [-0.2, -0.15) is 0 Å². The van der Waals surface area contributed by atoms with Gasteiger partial charge in [0.2, 0.25) is 5.91 Å². The van der Waals surface area contributed by atoms with Gasteiger partial charge in [0.05, 0.1) is 5.92 Å². The average molecular weight is 479 g/mol. The average Bonchev–Trinajstić information content (AvgIpc) is 3.59. The minimum atomic E-state index is -0.816. The molecule has 5 rings (SSSR count). The highest BCUT2D eigenvalue weighted by Gasteiger charge is 2.37. The topological polar surface area (TPSA) is 114 Å². The summed E-state index contributed by atoms with van der Waals surface area (Å²) in [4.78, 5) is 36.4. The Hall–Kier alpha value is -3.39. The number of carboxylic acids is 1. The van der Waals surface area contributed by atoms with Crippen LogP contribution in [0.4, 0.5) is 4.79 Å². The molecule has 0 radical (unpaired) electrons. The molecule has 1 heterocycles. The van der Waals surface area contributed by atoms with E-state index < -0.39 is 24.1 Å². The van der Waals surface area contributed by atoms with Crippen LogP contribution in [0.3, 0.4) is 0 Å². The Morgan fingerprint density at radius 1 is 0.971 bits per heavy atom. The van der Waals surface area contributed by atoms with Crippen molar-refractivity contribution >= 4 is 18.0 Å². The van der Waals surface area contributed by atoms with Gasteiger partial charge in [-0.1, -0.05) is 48.5 Å². The first-order valence-electron chi connectivity index (χ1n) is 12.2. The zero-order valence-electron chi connectivity index (χ0n) is 19.4. The monoisotopic (exact) mass is 478 g/mol. The normalized spacial score (nSPS) is 25.0. The molecule has 1 aliphatic heterocycles. The minimum absolute atomic E-state index is 0.0115. The number of nitrogens with one attached hydrogen (secondary N) is 2. The number of benzene rings is 2. The van der Waals surface area contributed by atoms with E-state index in [0.717, 1.165) is 11.1 Å². The highest BCUT2D eigenvalue weighted by molar-refractivity contribution is 5.82. The Kier molecular flexibility index (Phi) is 6.72. The van der Waals surface area contributed by atoms with Gasteiger partial charge in [0.25, 0.3) is 0 Å². The maximum atomic E-state index is 12.7. The number of carbonyl (C=O) groups is 3. The maximum absolute atomic E-state index is 12.7. The van der Waals surface area contributed by atoms with Crippen LogP contribution in [-0.4, -0.2) is 55.0 Å². The van der Waals surface area contributed by atoms with Gasteiger partial charge >= 0.3 is 12.1 Å². The lowest BCUT2D eigenvalue weighted by Gasteiger charge is -2.21. The first-order valence-corrected chi connectivity index (χ1v) is 12.2. The molecule has 0 spiro atoms. The molecule has 0 bridgehead atoms. The van der Waals surface area contributed by atoms with Gasteiger partial charge in [-0.15, -0.1) is 0 Å². The van der Waals surface area contributed by atoms with Crippen molar-refractivity contribution in [2.45, 2.75) is 43.7 Å². The third-order valence-electron chi connectivity index (χ3n) is 7.45. The molecule has 2 aromatic rings. The number of ether oxygens (including phenoxy) is 2. The Balaban J connectivity index is 1.12. The molecule has 2 unspecified atom stereocenters. The van der Waals surface area contributed by atoms with Gasteiger partial charge in [0, 0.05) is 31.0 Å². The van der Waals surface area contributed by atoms with Crippen molar-refractivity contribution in [1.29, 1.82) is 0 Å². The van der Waals surface area contributed by atoms with E-state index in [0.29, 0.717) is 32.3 Å². The molecule has 35 heavy (non-hydrogen) atoms. The van der Waals surface area contributed by atoms with Gasteiger partial charge in [-0.25, -0.2) is 4.79 Å². The third kappa shape index (κ3) is 4.89. The van der Waals surface area contributed by atoms with E-state index >= 15 is 0 Å². The van der Waals surface area contributed by atoms with E-state index in [1.165, 1.54) is 11.1 Å². The van der Waals surface area contributed by atoms with Crippen molar-refractivity contribution in [3.8, 4) is 11.1 Å². The van der Waals surface area contributed by atoms with Crippen molar-refractivity contribution in [2.75, 3.05) is 19.8 Å². The van der Waals surface area contributed by atoms with Crippen LogP contribution in [0.15, 0.2) is 48.5 Å². The third-order valence-corrected chi connectivity index (χ3v) is 7.45. The largest absolute Gasteiger partial charge is 0.481 e. The van der Waals surface area contributed by atoms with Crippen molar-refractivity contribution in [3.63, 3.8) is 0 Å². The number of fused-ring (bicyclic) bond motifs is 3. The highest BCUT2D eigenvalue weighted by atomic mass is 16.5. The van der Waals surface area contributed by atoms with Gasteiger partial charge < -0.3 is 25.2 Å². The molecule has 2 aliphatic carbocycles. The van der Waals surface area contributed by atoms with Crippen LogP contribution < -0.4 is 10.6 Å². The van der Waals surface area contributed by atoms with E-state index in [1.807, 2.05) is 24.3 Å². The Morgan fingerprint density at radius 3 is 2.31 bits per heavy atom. The number of amides is 2. The lowest BCUT2D eigenvalue weighted by molar-refractivity contribution is -0.141. The van der Waals surface area contributed by atoms with Crippen LogP contribution in [0, 0.1) is 11.8 Å². The smallest absolute Gasteiger partial charge is 0.407 e. The molecule has 2 aromatic carbocycles. The second kappa shape index (κ2) is 10.1. The summed E-state index contributed by atoms with van der Waals surface area (Å²) in [6.45, 7) is 0.950. The second-order valence-corrected chi connectivity index (χ2v) is 9.60. The number of hydrogen-bond donors (Lipinski definition) is 3. The fourth-order valence-corrected chi connectivity index (χ4v) is 5.62. The molecule has 1 saturated heterocycles. The Labute approximate surface area is 204 Å². The van der Waals surface area contributed by atoms with Gasteiger partial charge in [0.15, 0.2) is 0 Å². The van der Waals surface area contributed by atoms with Gasteiger partial charge in [-0.3, -0.25) is 9.59 Å². The SMILES string of the molecule is O=C(NC[C@H]1CCO[C@H]1C(=O)NC1CCC(C(=O)O)C1)OCC1c2ccccc2-c2ccccc21. The second-order valence-electron chi connectivity index (χ2n) is 9.60. The molecule has 184 valence electrons. The number of carbonyl (C=O) groups excluding carboxylic acids is 2. The lowest BCUT2D eigenvalue weighted by Crippen LogP contribution is -2.45. The van der Waals surface area contributed by atoms with Crippen molar-refractivity contribution < 1.29 is 29.0 Å². The summed E-state index contributed by atoms with van der Waals surface area (Å²) in [6.07, 6.45) is 1.14. The van der Waals surface area contributed by atoms with Gasteiger partial charge in [-0.05, 0) is 47.9 Å². The fraction of sp³-hybridized carbons (Fsp3) is 0.444. The summed E-state index contributed by atoms with van der Waals surface area (Å²) in [5.74, 6) is -1.63. The van der Waals surface area contributed by atoms with Crippen molar-refractivity contribution in [3.05, 3.63) is 59.7 Å². The number of hydrogen-bond acceptors (Lipinski definition) is 5. The standard InChI is InChI=1S/C27H30N2O6/c30-25(29-18-10-9-16(13-18)26(31)32)24-17(11-12-34-24)14-28-27(33)35-15-23-21-7-3-1-5-19(21)20-6-2-4-8-22(20)23/h1-8,16-18,23-24H,9-15H2,(H,28,33)(H,29,30)(H,31,32)/t16?,17-,18?,24-/m1/s1. The molecule has 3 aliphatic rings. The zero-order valence-corrected chi connectivity index (χ0v) is 19.4. The Morgan fingerprint density at radius 2 is 1.66 bits per heavy atom. The van der Waals surface area contributed by atoms with Crippen LogP contribution in [0.25, 0.3) is 11.1 Å². The summed E-state index contributed by atoms with van der Waals surface area (Å²) in [5, 5.41) is 14.9. The summed E-state index contributed by atoms with van der Waals surface area (Å²) in [7, 11) is 0. The van der Waals surface area contributed by atoms with Gasteiger partial charge in [0.1, 0.15) is 12.7 Å². The molecular formula is C27H30N2O6. The molecular weight excluding hydrogens is 448 g/mol.